The summed E-state index contributed by atoms with van der Waals surface area (Å²) < 4.78 is 0. The quantitative estimate of drug-likeness (QED) is 0.213. The summed E-state index contributed by atoms with van der Waals surface area (Å²) >= 11 is 0. The Hall–Kier alpha value is -4.42. The van der Waals surface area contributed by atoms with E-state index in [4.69, 9.17) is 0 Å². The lowest BCUT2D eigenvalue weighted by Gasteiger charge is -2.26. The molecule has 8 aromatic carbocycles. The Labute approximate surface area is 194 Å². The first-order chi connectivity index (χ1) is 16.7. The van der Waals surface area contributed by atoms with Gasteiger partial charge in [0.2, 0.25) is 0 Å². The van der Waals surface area contributed by atoms with Crippen LogP contribution in [0.25, 0.3) is 97.7 Å². The predicted molar refractivity (Wildman–Crippen MR) is 147 cm³/mol. The second kappa shape index (κ2) is 5.05. The van der Waals surface area contributed by atoms with Gasteiger partial charge in [-0.1, -0.05) is 0 Å². The Balaban J connectivity index is 1.52. The van der Waals surface area contributed by atoms with E-state index in [1.165, 1.54) is 97.7 Å². The van der Waals surface area contributed by atoms with Crippen molar-refractivity contribution in [2.45, 2.75) is 0 Å². The van der Waals surface area contributed by atoms with Gasteiger partial charge in [0.25, 0.3) is 0 Å². The Bertz CT molecular complexity index is 1980. The smallest absolute Gasteiger partial charge is 0.00923 e. The van der Waals surface area contributed by atoms with Gasteiger partial charge in [0.05, 0.1) is 0 Å². The van der Waals surface area contributed by atoms with Crippen LogP contribution in [0, 0.1) is 0 Å². The van der Waals surface area contributed by atoms with E-state index in [-0.39, 0.29) is 0 Å². The fourth-order valence-corrected chi connectivity index (χ4v) is 6.69. The molecule has 152 valence electrons. The summed E-state index contributed by atoms with van der Waals surface area (Å²) in [6.07, 6.45) is 0. The zero-order chi connectivity index (χ0) is 21.7. The Morgan fingerprint density at radius 3 is 0.412 bits per heavy atom. The lowest BCUT2D eigenvalue weighted by molar-refractivity contribution is 1.58. The molecule has 0 unspecified atom stereocenters. The van der Waals surface area contributed by atoms with Gasteiger partial charge in [-0.15, -0.1) is 0 Å². The van der Waals surface area contributed by atoms with Gasteiger partial charge < -0.3 is 0 Å². The van der Waals surface area contributed by atoms with E-state index in [2.05, 4.69) is 97.1 Å². The molecule has 0 radical (unpaired) electrons. The van der Waals surface area contributed by atoms with Crippen LogP contribution in [0.15, 0.2) is 97.1 Å². The number of hydrogen-bond donors (Lipinski definition) is 0. The first kappa shape index (κ1) is 16.2. The van der Waals surface area contributed by atoms with Crippen molar-refractivity contribution in [3.05, 3.63) is 97.1 Å². The van der Waals surface area contributed by atoms with Gasteiger partial charge in [-0.3, -0.25) is 0 Å². The summed E-state index contributed by atoms with van der Waals surface area (Å²) in [4.78, 5) is 0. The molecular formula is C34H16. The summed E-state index contributed by atoms with van der Waals surface area (Å²) in [5.41, 5.74) is 5.55. The minimum Gasteiger partial charge on any atom is -0.0465 e. The van der Waals surface area contributed by atoms with Gasteiger partial charge in [0.15, 0.2) is 0 Å². The van der Waals surface area contributed by atoms with Crippen molar-refractivity contribution >= 4 is 75.4 Å². The van der Waals surface area contributed by atoms with E-state index in [0.29, 0.717) is 0 Å². The number of rotatable bonds is 0. The standard InChI is InChI=1S/C34H16/c1-17-2-21-7-25-11-29-15-33-31-13-27-9-23-5-19(1)20-3-18(17)4-22(21)8-26(25)12-30(29)16-34(33)32(31)14-28(27)10-24(23)6-20/h1-16H. The van der Waals surface area contributed by atoms with Crippen LogP contribution in [-0.2, 0) is 0 Å². The third kappa shape index (κ3) is 1.82. The van der Waals surface area contributed by atoms with Crippen molar-refractivity contribution in [1.82, 2.24) is 0 Å². The van der Waals surface area contributed by atoms with Crippen LogP contribution < -0.4 is 0 Å². The van der Waals surface area contributed by atoms with Crippen molar-refractivity contribution in [3.63, 3.8) is 0 Å². The van der Waals surface area contributed by atoms with Gasteiger partial charge >= 0.3 is 0 Å². The molecular weight excluding hydrogens is 408 g/mol. The van der Waals surface area contributed by atoms with Gasteiger partial charge in [-0.2, -0.15) is 0 Å². The first-order valence-electron chi connectivity index (χ1n) is 12.0. The maximum atomic E-state index is 2.40. The van der Waals surface area contributed by atoms with Crippen molar-refractivity contribution in [3.8, 4) is 22.3 Å². The topological polar surface area (TPSA) is 0 Å². The van der Waals surface area contributed by atoms with Gasteiger partial charge in [0, 0.05) is 0 Å². The van der Waals surface area contributed by atoms with E-state index in [1.807, 2.05) is 0 Å². The average molecular weight is 425 g/mol. The molecule has 0 amide bonds. The van der Waals surface area contributed by atoms with E-state index in [1.54, 1.807) is 0 Å². The summed E-state index contributed by atoms with van der Waals surface area (Å²) in [6.45, 7) is 0. The zero-order valence-corrected chi connectivity index (χ0v) is 18.2. The number of hydrogen-bond acceptors (Lipinski definition) is 0. The number of benzene rings is 8. The third-order valence-electron chi connectivity index (χ3n) is 8.43. The lowest BCUT2D eigenvalue weighted by Crippen LogP contribution is -1.99. The van der Waals surface area contributed by atoms with Crippen LogP contribution in [0.4, 0.5) is 0 Å². The molecule has 9 rings (SSSR count). The predicted octanol–water partition coefficient (Wildman–Crippen LogP) is 9.72. The summed E-state index contributed by atoms with van der Waals surface area (Å²) in [5.74, 6) is 0. The minimum atomic E-state index is 1.31. The average Bonchev–Trinajstić information content (AvgIpc) is 2.84. The summed E-state index contributed by atoms with van der Waals surface area (Å²) in [7, 11) is 0. The molecule has 0 heteroatoms. The van der Waals surface area contributed by atoms with Gasteiger partial charge in [0.1, 0.15) is 0 Å². The largest absolute Gasteiger partial charge is 0.0465 e. The maximum Gasteiger partial charge on any atom is -0.00923 e. The Morgan fingerprint density at radius 2 is 0.265 bits per heavy atom. The van der Waals surface area contributed by atoms with Crippen LogP contribution in [0.5, 0.6) is 0 Å². The van der Waals surface area contributed by atoms with Gasteiger partial charge in [-0.05, 0) is 195 Å². The summed E-state index contributed by atoms with van der Waals surface area (Å²) in [5, 5.41) is 18.4. The molecule has 0 aliphatic heterocycles. The third-order valence-corrected chi connectivity index (χ3v) is 8.43. The first-order valence-corrected chi connectivity index (χ1v) is 12.0. The SMILES string of the molecule is c1c2c3cc4cc5cc6cc7cc8cc9cc%10cc-3c-2cc%10cc9cc8cc7cc6cc5cc14. The van der Waals surface area contributed by atoms with Crippen molar-refractivity contribution in [2.75, 3.05) is 0 Å². The fourth-order valence-electron chi connectivity index (χ4n) is 6.69. The van der Waals surface area contributed by atoms with Crippen LogP contribution in [0.1, 0.15) is 0 Å². The van der Waals surface area contributed by atoms with E-state index >= 15 is 0 Å². The monoisotopic (exact) mass is 424 g/mol. The molecule has 0 saturated heterocycles. The molecule has 0 bridgehead atoms. The Morgan fingerprint density at radius 1 is 0.147 bits per heavy atom. The molecule has 0 fully saturated rings. The summed E-state index contributed by atoms with van der Waals surface area (Å²) in [6, 6.07) is 38.1. The molecule has 0 nitrogen and oxygen atoms in total. The van der Waals surface area contributed by atoms with E-state index < -0.39 is 0 Å². The molecule has 0 atom stereocenters. The fraction of sp³-hybridized carbons (Fsp3) is 0. The van der Waals surface area contributed by atoms with E-state index in [9.17, 15) is 0 Å². The molecule has 1 aliphatic carbocycles. The molecule has 34 heavy (non-hydrogen) atoms. The highest BCUT2D eigenvalue weighted by Gasteiger charge is 2.24. The maximum absolute atomic E-state index is 2.40. The van der Waals surface area contributed by atoms with Crippen LogP contribution in [0.2, 0.25) is 0 Å². The molecule has 0 aromatic heterocycles. The second-order valence-corrected chi connectivity index (χ2v) is 10.3. The van der Waals surface area contributed by atoms with Crippen LogP contribution in [0.3, 0.4) is 0 Å². The van der Waals surface area contributed by atoms with E-state index in [0.717, 1.165) is 0 Å². The Kier molecular flexibility index (Phi) is 2.41. The highest BCUT2D eigenvalue weighted by atomic mass is 14.3. The molecule has 0 heterocycles. The second-order valence-electron chi connectivity index (χ2n) is 10.3. The van der Waals surface area contributed by atoms with Crippen molar-refractivity contribution < 1.29 is 0 Å². The minimum absolute atomic E-state index is 1.31. The van der Waals surface area contributed by atoms with Crippen molar-refractivity contribution in [1.29, 1.82) is 0 Å². The number of fused-ring (bicyclic) bond motifs is 11. The highest BCUT2D eigenvalue weighted by molar-refractivity contribution is 6.17. The molecule has 1 aliphatic rings. The van der Waals surface area contributed by atoms with Crippen molar-refractivity contribution in [2.24, 2.45) is 0 Å². The van der Waals surface area contributed by atoms with Crippen LogP contribution >= 0.6 is 0 Å². The normalized spacial score (nSPS) is 13.3. The molecule has 0 saturated carbocycles. The van der Waals surface area contributed by atoms with Crippen LogP contribution in [-0.4, -0.2) is 0 Å². The zero-order valence-electron chi connectivity index (χ0n) is 18.2. The molecule has 0 N–H and O–H groups in total. The van der Waals surface area contributed by atoms with Gasteiger partial charge in [-0.25, -0.2) is 0 Å². The molecule has 0 spiro atoms. The lowest BCUT2D eigenvalue weighted by atomic mass is 9.77. The molecule has 8 aromatic rings. The highest BCUT2D eigenvalue weighted by Crippen LogP contribution is 2.51.